The molecule has 80 heavy (non-hydrogen) atoms. The maximum absolute atomic E-state index is 13.5. The molecule has 1 amide bonds. The molecule has 0 bridgehead atoms. The standard InChI is InChI=1S/C70H131N2O7P/c1-7-10-13-16-19-22-25-28-30-31-32-33-34-35-36-37-38-39-40-41-42-45-48-51-54-57-60-63-70(74)79-68(61-58-55-52-49-46-43-27-24-21-18-15-12-9-3)67(66-78-80(75,76)77-65-64-72(4,5)6)71-69(73)62-59-56-53-50-47-44-29-26-23-20-17-14-11-8-2/h11,14,20,23,28-30,44,58,61,67-68H,7-10,12-13,15-19,21-22,24-27,31-43,45-57,59-60,62-66H2,1-6H3,(H-,71,73,75,76)/b14-11+,23-20+,30-28+,44-29+,61-58-. The van der Waals surface area contributed by atoms with Crippen molar-refractivity contribution in [3.63, 3.8) is 0 Å². The summed E-state index contributed by atoms with van der Waals surface area (Å²) in [6.07, 6.45) is 76.4. The van der Waals surface area contributed by atoms with Crippen molar-refractivity contribution in [2.75, 3.05) is 40.9 Å². The average molecular weight is 1140 g/mol. The van der Waals surface area contributed by atoms with Crippen molar-refractivity contribution in [3.8, 4) is 0 Å². The lowest BCUT2D eigenvalue weighted by molar-refractivity contribution is -0.870. The van der Waals surface area contributed by atoms with E-state index in [4.69, 9.17) is 13.8 Å². The van der Waals surface area contributed by atoms with Gasteiger partial charge in [0.1, 0.15) is 19.3 Å². The van der Waals surface area contributed by atoms with Crippen LogP contribution in [0.5, 0.6) is 0 Å². The lowest BCUT2D eigenvalue weighted by Crippen LogP contribution is -2.47. The molecule has 0 spiro atoms. The van der Waals surface area contributed by atoms with Crippen molar-refractivity contribution in [2.45, 2.75) is 335 Å². The molecular formula is C70H131N2O7P. The largest absolute Gasteiger partial charge is 0.756 e. The van der Waals surface area contributed by atoms with Crippen LogP contribution in [0.2, 0.25) is 0 Å². The third-order valence-corrected chi connectivity index (χ3v) is 16.1. The van der Waals surface area contributed by atoms with Crippen molar-refractivity contribution in [1.82, 2.24) is 5.32 Å². The fourth-order valence-corrected chi connectivity index (χ4v) is 10.7. The summed E-state index contributed by atoms with van der Waals surface area (Å²) in [6, 6.07) is -0.900. The van der Waals surface area contributed by atoms with Crippen LogP contribution in [0.3, 0.4) is 0 Å². The van der Waals surface area contributed by atoms with E-state index in [1.807, 2.05) is 33.3 Å². The first kappa shape index (κ1) is 77.7. The number of carbonyl (C=O) groups excluding carboxylic acids is 2. The number of rotatable bonds is 62. The number of amides is 1. The second-order valence-electron chi connectivity index (χ2n) is 24.3. The predicted octanol–water partition coefficient (Wildman–Crippen LogP) is 20.8. The number of nitrogens with one attached hydrogen (secondary N) is 1. The Morgan fingerprint density at radius 3 is 1.21 bits per heavy atom. The van der Waals surface area contributed by atoms with Crippen molar-refractivity contribution in [3.05, 3.63) is 60.8 Å². The van der Waals surface area contributed by atoms with Crippen molar-refractivity contribution in [1.29, 1.82) is 0 Å². The molecule has 0 aliphatic rings. The van der Waals surface area contributed by atoms with Gasteiger partial charge in [0.05, 0.1) is 33.8 Å². The Morgan fingerprint density at radius 2 is 0.800 bits per heavy atom. The molecule has 0 saturated heterocycles. The summed E-state index contributed by atoms with van der Waals surface area (Å²) in [4.78, 5) is 40.1. The van der Waals surface area contributed by atoms with E-state index in [9.17, 15) is 19.0 Å². The Hall–Kier alpha value is -2.29. The Morgan fingerprint density at radius 1 is 0.450 bits per heavy atom. The maximum atomic E-state index is 13.5. The molecule has 0 saturated carbocycles. The highest BCUT2D eigenvalue weighted by atomic mass is 31.2. The number of esters is 1. The number of phosphoric acid groups is 1. The van der Waals surface area contributed by atoms with Gasteiger partial charge in [-0.3, -0.25) is 14.2 Å². The first-order valence-electron chi connectivity index (χ1n) is 34.1. The van der Waals surface area contributed by atoms with Crippen molar-refractivity contribution >= 4 is 19.7 Å². The van der Waals surface area contributed by atoms with E-state index in [-0.39, 0.29) is 24.9 Å². The number of hydrogen-bond acceptors (Lipinski definition) is 7. The molecule has 0 aromatic carbocycles. The highest BCUT2D eigenvalue weighted by Crippen LogP contribution is 2.38. The molecule has 0 fully saturated rings. The molecule has 3 unspecified atom stereocenters. The number of ether oxygens (including phenoxy) is 1. The third kappa shape index (κ3) is 60.3. The number of nitrogens with zero attached hydrogens (tertiary/aromatic N) is 1. The number of phosphoric ester groups is 1. The van der Waals surface area contributed by atoms with E-state index in [1.165, 1.54) is 199 Å². The lowest BCUT2D eigenvalue weighted by Gasteiger charge is -2.30. The molecular weight excluding hydrogens is 1010 g/mol. The summed E-state index contributed by atoms with van der Waals surface area (Å²) in [6.45, 7) is 6.74. The zero-order valence-corrected chi connectivity index (χ0v) is 54.4. The van der Waals surface area contributed by atoms with Gasteiger partial charge in [-0.05, 0) is 89.5 Å². The Kier molecular flexibility index (Phi) is 58.1. The monoisotopic (exact) mass is 1140 g/mol. The summed E-state index contributed by atoms with van der Waals surface area (Å²) >= 11 is 0. The average Bonchev–Trinajstić information content (AvgIpc) is 3.42. The number of carbonyl (C=O) groups is 2. The SMILES string of the molecule is CC/C=C/C/C=C/C/C=C/CCCCCCC(=O)NC(COP(=O)([O-])OCC[N+](C)(C)C)C(/C=C\CCCCCCCCCCCCC)OC(=O)CCCCCCCCCCCCCCCCCCC/C=C/CCCCCCCC. The lowest BCUT2D eigenvalue weighted by atomic mass is 10.0. The normalized spacial score (nSPS) is 13.9. The van der Waals surface area contributed by atoms with Gasteiger partial charge in [-0.15, -0.1) is 0 Å². The molecule has 0 aliphatic heterocycles. The second-order valence-corrected chi connectivity index (χ2v) is 25.7. The van der Waals surface area contributed by atoms with Gasteiger partial charge in [0.15, 0.2) is 0 Å². The Balaban J connectivity index is 5.03. The Labute approximate surface area is 496 Å². The van der Waals surface area contributed by atoms with Gasteiger partial charge in [0.25, 0.3) is 7.82 Å². The van der Waals surface area contributed by atoms with Crippen molar-refractivity contribution < 1.29 is 37.3 Å². The molecule has 0 aliphatic carbocycles. The number of likely N-dealkylation sites (N-methyl/N-ethyl adjacent to an activating group) is 1. The third-order valence-electron chi connectivity index (χ3n) is 15.2. The number of unbranched alkanes of at least 4 members (excludes halogenated alkanes) is 38. The van der Waals surface area contributed by atoms with Gasteiger partial charge < -0.3 is 28.5 Å². The zero-order valence-electron chi connectivity index (χ0n) is 53.5. The zero-order chi connectivity index (χ0) is 58.6. The fraction of sp³-hybridized carbons (Fsp3) is 0.829. The van der Waals surface area contributed by atoms with Gasteiger partial charge >= 0.3 is 5.97 Å². The van der Waals surface area contributed by atoms with Crippen LogP contribution in [0.4, 0.5) is 0 Å². The maximum Gasteiger partial charge on any atom is 0.306 e. The first-order chi connectivity index (χ1) is 38.9. The van der Waals surface area contributed by atoms with Crippen LogP contribution in [0.25, 0.3) is 0 Å². The van der Waals surface area contributed by atoms with Crippen molar-refractivity contribution in [2.24, 2.45) is 0 Å². The quantitative estimate of drug-likeness (QED) is 0.0212. The van der Waals surface area contributed by atoms with E-state index in [1.54, 1.807) is 0 Å². The minimum atomic E-state index is -4.71. The summed E-state index contributed by atoms with van der Waals surface area (Å²) in [5, 5.41) is 3.02. The molecule has 0 heterocycles. The van der Waals surface area contributed by atoms with Crippen LogP contribution in [-0.4, -0.2) is 69.4 Å². The molecule has 1 N–H and O–H groups in total. The molecule has 9 nitrogen and oxygen atoms in total. The van der Waals surface area contributed by atoms with Gasteiger partial charge in [0.2, 0.25) is 5.91 Å². The Bertz CT molecular complexity index is 1550. The summed E-state index contributed by atoms with van der Waals surface area (Å²) in [5.41, 5.74) is 0. The molecule has 0 radical (unpaired) electrons. The first-order valence-corrected chi connectivity index (χ1v) is 35.6. The van der Waals surface area contributed by atoms with Crippen LogP contribution in [0.1, 0.15) is 323 Å². The van der Waals surface area contributed by atoms with Gasteiger partial charge in [-0.2, -0.15) is 0 Å². The molecule has 3 atom stereocenters. The molecule has 468 valence electrons. The fourth-order valence-electron chi connectivity index (χ4n) is 9.95. The molecule has 10 heteroatoms. The minimum absolute atomic E-state index is 0.0269. The molecule has 0 aromatic rings. The van der Waals surface area contributed by atoms with Gasteiger partial charge in [0, 0.05) is 12.8 Å². The number of quaternary nitrogens is 1. The predicted molar refractivity (Wildman–Crippen MR) is 344 cm³/mol. The highest BCUT2D eigenvalue weighted by Gasteiger charge is 2.27. The highest BCUT2D eigenvalue weighted by molar-refractivity contribution is 7.45. The summed E-state index contributed by atoms with van der Waals surface area (Å²) in [5.74, 6) is -0.556. The van der Waals surface area contributed by atoms with Crippen LogP contribution in [0, 0.1) is 0 Å². The van der Waals surface area contributed by atoms with Crippen LogP contribution in [-0.2, 0) is 27.9 Å². The number of hydrogen-bond donors (Lipinski definition) is 1. The van der Waals surface area contributed by atoms with E-state index in [0.29, 0.717) is 23.9 Å². The van der Waals surface area contributed by atoms with E-state index >= 15 is 0 Å². The molecule has 0 aromatic heterocycles. The second kappa shape index (κ2) is 59.9. The summed E-state index contributed by atoms with van der Waals surface area (Å²) < 4.78 is 30.4. The summed E-state index contributed by atoms with van der Waals surface area (Å²) in [7, 11) is 1.17. The topological polar surface area (TPSA) is 114 Å². The van der Waals surface area contributed by atoms with E-state index < -0.39 is 26.6 Å². The van der Waals surface area contributed by atoms with Gasteiger partial charge in [-0.25, -0.2) is 0 Å². The smallest absolute Gasteiger partial charge is 0.306 e. The van der Waals surface area contributed by atoms with Crippen LogP contribution in [0.15, 0.2) is 60.8 Å². The van der Waals surface area contributed by atoms with Gasteiger partial charge in [-0.1, -0.05) is 281 Å². The van der Waals surface area contributed by atoms with Crippen LogP contribution >= 0.6 is 7.82 Å². The molecule has 0 rings (SSSR count). The van der Waals surface area contributed by atoms with Crippen LogP contribution < -0.4 is 10.2 Å². The van der Waals surface area contributed by atoms with E-state index in [2.05, 4.69) is 74.7 Å². The minimum Gasteiger partial charge on any atom is -0.756 e. The van der Waals surface area contributed by atoms with E-state index in [0.717, 1.165) is 83.5 Å². The number of allylic oxidation sites excluding steroid dienone is 9.